The van der Waals surface area contributed by atoms with E-state index in [1.54, 1.807) is 0 Å². The van der Waals surface area contributed by atoms with Crippen molar-refractivity contribution in [1.82, 2.24) is 24.1 Å². The Balaban J connectivity index is 1.62. The number of aromatic nitrogens is 4. The number of piperidine rings is 1. The van der Waals surface area contributed by atoms with Crippen molar-refractivity contribution >= 4 is 21.1 Å². The maximum Gasteiger partial charge on any atom is 0.333 e. The fourth-order valence-electron chi connectivity index (χ4n) is 3.55. The van der Waals surface area contributed by atoms with Gasteiger partial charge in [0.25, 0.3) is 0 Å². The van der Waals surface area contributed by atoms with Gasteiger partial charge in [0, 0.05) is 19.0 Å². The van der Waals surface area contributed by atoms with Crippen molar-refractivity contribution in [3.05, 3.63) is 42.0 Å². The van der Waals surface area contributed by atoms with Crippen LogP contribution in [0.5, 0.6) is 0 Å². The number of imidazole rings is 1. The first-order chi connectivity index (χ1) is 12.9. The van der Waals surface area contributed by atoms with Gasteiger partial charge in [0.05, 0.1) is 22.9 Å². The summed E-state index contributed by atoms with van der Waals surface area (Å²) in [6.07, 6.45) is 2.48. The number of rotatable bonds is 4. The zero-order chi connectivity index (χ0) is 19.2. The van der Waals surface area contributed by atoms with Crippen molar-refractivity contribution in [3.63, 3.8) is 0 Å². The van der Waals surface area contributed by atoms with Crippen molar-refractivity contribution in [3.8, 4) is 0 Å². The number of sulfonamides is 1. The van der Waals surface area contributed by atoms with Gasteiger partial charge in [-0.1, -0.05) is 12.1 Å². The maximum atomic E-state index is 13.0. The Morgan fingerprint density at radius 2 is 2.07 bits per heavy atom. The molecule has 0 bridgehead atoms. The monoisotopic (exact) mass is 395 g/mol. The number of nitrogens with one attached hydrogen (secondary N) is 1. The quantitative estimate of drug-likeness (QED) is 0.736. The van der Waals surface area contributed by atoms with Crippen LogP contribution < -0.4 is 0 Å². The van der Waals surface area contributed by atoms with Crippen molar-refractivity contribution < 1.29 is 17.2 Å². The van der Waals surface area contributed by atoms with Crippen LogP contribution in [0.4, 0.5) is 8.78 Å². The molecule has 0 amide bonds. The Bertz CT molecular complexity index is 1040. The zero-order valence-electron chi connectivity index (χ0n) is 14.6. The van der Waals surface area contributed by atoms with E-state index >= 15 is 0 Å². The molecule has 1 saturated heterocycles. The standard InChI is InChI=1S/C17H19F2N5O2S/c1-11-15(9-20-24(11)17(18)19)27(25,26)23-8-4-5-12(10-23)16-21-13-6-2-3-7-14(13)22-16/h2-3,6-7,9,12,17H,4-5,8,10H2,1H3,(H,21,22)/t12-/m0/s1. The van der Waals surface area contributed by atoms with Crippen molar-refractivity contribution in [2.45, 2.75) is 37.1 Å². The number of H-pyrrole nitrogens is 1. The van der Waals surface area contributed by atoms with Crippen LogP contribution in [0.15, 0.2) is 35.4 Å². The van der Waals surface area contributed by atoms with Crippen LogP contribution in [0.1, 0.15) is 36.8 Å². The molecule has 1 atom stereocenters. The molecule has 3 aromatic rings. The SMILES string of the molecule is Cc1c(S(=O)(=O)N2CCC[C@H](c3nc4ccccc4[nH]3)C2)cnn1C(F)F. The molecule has 4 rings (SSSR count). The Morgan fingerprint density at radius 1 is 1.30 bits per heavy atom. The largest absolute Gasteiger partial charge is 0.342 e. The van der Waals surface area contributed by atoms with Crippen molar-refractivity contribution in [2.24, 2.45) is 0 Å². The van der Waals surface area contributed by atoms with Gasteiger partial charge in [-0.3, -0.25) is 0 Å². The first-order valence-electron chi connectivity index (χ1n) is 8.65. The first-order valence-corrected chi connectivity index (χ1v) is 10.1. The number of nitrogens with zero attached hydrogens (tertiary/aromatic N) is 4. The topological polar surface area (TPSA) is 83.9 Å². The lowest BCUT2D eigenvalue weighted by molar-refractivity contribution is 0.0541. The van der Waals surface area contributed by atoms with E-state index in [0.29, 0.717) is 17.6 Å². The molecular weight excluding hydrogens is 376 g/mol. The normalized spacial score (nSPS) is 19.2. The molecule has 1 aliphatic heterocycles. The summed E-state index contributed by atoms with van der Waals surface area (Å²) in [5, 5.41) is 3.52. The lowest BCUT2D eigenvalue weighted by Gasteiger charge is -2.30. The van der Waals surface area contributed by atoms with Crippen LogP contribution in [0.2, 0.25) is 0 Å². The average Bonchev–Trinajstić information content (AvgIpc) is 3.25. The van der Waals surface area contributed by atoms with Crippen molar-refractivity contribution in [1.29, 1.82) is 0 Å². The summed E-state index contributed by atoms with van der Waals surface area (Å²) >= 11 is 0. The molecule has 27 heavy (non-hydrogen) atoms. The fraction of sp³-hybridized carbons (Fsp3) is 0.412. The van der Waals surface area contributed by atoms with E-state index in [-0.39, 0.29) is 23.1 Å². The third-order valence-electron chi connectivity index (χ3n) is 4.98. The second kappa shape index (κ2) is 6.68. The molecule has 1 aliphatic rings. The summed E-state index contributed by atoms with van der Waals surface area (Å²) in [4.78, 5) is 7.66. The molecule has 0 radical (unpaired) electrons. The number of alkyl halides is 2. The van der Waals surface area contributed by atoms with E-state index in [1.807, 2.05) is 24.3 Å². The summed E-state index contributed by atoms with van der Waals surface area (Å²) in [6, 6.07) is 7.62. The lowest BCUT2D eigenvalue weighted by Crippen LogP contribution is -2.39. The predicted octanol–water partition coefficient (Wildman–Crippen LogP) is 3.03. The smallest absolute Gasteiger partial charge is 0.333 e. The molecule has 144 valence electrons. The number of para-hydroxylation sites is 2. The molecule has 0 spiro atoms. The minimum Gasteiger partial charge on any atom is -0.342 e. The van der Waals surface area contributed by atoms with Crippen LogP contribution in [-0.4, -0.2) is 45.6 Å². The highest BCUT2D eigenvalue weighted by Gasteiger charge is 2.34. The Morgan fingerprint density at radius 3 is 2.78 bits per heavy atom. The van der Waals surface area contributed by atoms with E-state index < -0.39 is 16.6 Å². The van der Waals surface area contributed by atoms with Gasteiger partial charge >= 0.3 is 6.55 Å². The van der Waals surface area contributed by atoms with Gasteiger partial charge in [-0.15, -0.1) is 0 Å². The summed E-state index contributed by atoms with van der Waals surface area (Å²) in [7, 11) is -3.90. The lowest BCUT2D eigenvalue weighted by atomic mass is 9.99. The summed E-state index contributed by atoms with van der Waals surface area (Å²) < 4.78 is 53.6. The van der Waals surface area contributed by atoms with Crippen LogP contribution in [0.25, 0.3) is 11.0 Å². The Labute approximate surface area is 155 Å². The van der Waals surface area contributed by atoms with Gasteiger partial charge in [0.2, 0.25) is 10.0 Å². The minimum atomic E-state index is -3.90. The Kier molecular flexibility index (Phi) is 4.47. The van der Waals surface area contributed by atoms with Crippen LogP contribution in [-0.2, 0) is 10.0 Å². The van der Waals surface area contributed by atoms with Crippen LogP contribution >= 0.6 is 0 Å². The van der Waals surface area contributed by atoms with Crippen LogP contribution in [0.3, 0.4) is 0 Å². The second-order valence-electron chi connectivity index (χ2n) is 6.66. The van der Waals surface area contributed by atoms with E-state index in [2.05, 4.69) is 15.1 Å². The zero-order valence-corrected chi connectivity index (χ0v) is 15.5. The number of aromatic amines is 1. The van der Waals surface area contributed by atoms with E-state index in [9.17, 15) is 17.2 Å². The molecule has 1 N–H and O–H groups in total. The highest BCUT2D eigenvalue weighted by atomic mass is 32.2. The van der Waals surface area contributed by atoms with E-state index in [1.165, 1.54) is 11.2 Å². The molecule has 0 unspecified atom stereocenters. The van der Waals surface area contributed by atoms with Crippen LogP contribution in [0, 0.1) is 6.92 Å². The predicted molar refractivity (Wildman–Crippen MR) is 95.0 cm³/mol. The molecule has 0 saturated carbocycles. The minimum absolute atomic E-state index is 0.0594. The molecule has 10 heteroatoms. The molecule has 3 heterocycles. The van der Waals surface area contributed by atoms with Gasteiger partial charge in [-0.05, 0) is 31.9 Å². The number of hydrogen-bond acceptors (Lipinski definition) is 4. The third-order valence-corrected chi connectivity index (χ3v) is 6.95. The van der Waals surface area contributed by atoms with E-state index in [4.69, 9.17) is 0 Å². The molecular formula is C17H19F2N5O2S. The number of fused-ring (bicyclic) bond motifs is 1. The number of hydrogen-bond donors (Lipinski definition) is 1. The van der Waals surface area contributed by atoms with Gasteiger partial charge in [0.15, 0.2) is 0 Å². The molecule has 2 aromatic heterocycles. The number of benzene rings is 1. The fourth-order valence-corrected chi connectivity index (χ4v) is 5.22. The second-order valence-corrected chi connectivity index (χ2v) is 8.56. The van der Waals surface area contributed by atoms with Crippen molar-refractivity contribution in [2.75, 3.05) is 13.1 Å². The van der Waals surface area contributed by atoms with E-state index in [0.717, 1.165) is 29.5 Å². The molecule has 0 aliphatic carbocycles. The first kappa shape index (κ1) is 18.1. The molecule has 1 aromatic carbocycles. The van der Waals surface area contributed by atoms with Gasteiger partial charge in [-0.25, -0.2) is 18.1 Å². The van der Waals surface area contributed by atoms with Gasteiger partial charge < -0.3 is 4.98 Å². The summed E-state index contributed by atoms with van der Waals surface area (Å²) in [5.41, 5.74) is 1.68. The summed E-state index contributed by atoms with van der Waals surface area (Å²) in [5.74, 6) is 0.669. The van der Waals surface area contributed by atoms with Gasteiger partial charge in [0.1, 0.15) is 10.7 Å². The Hall–Kier alpha value is -2.33. The number of halogens is 2. The molecule has 1 fully saturated rings. The highest BCUT2D eigenvalue weighted by molar-refractivity contribution is 7.89. The average molecular weight is 395 g/mol. The maximum absolute atomic E-state index is 13.0. The summed E-state index contributed by atoms with van der Waals surface area (Å²) in [6.45, 7) is -0.939. The highest BCUT2D eigenvalue weighted by Crippen LogP contribution is 2.31. The third kappa shape index (κ3) is 3.12. The molecule has 7 nitrogen and oxygen atoms in total. The van der Waals surface area contributed by atoms with Gasteiger partial charge in [-0.2, -0.15) is 18.2 Å².